The van der Waals surface area contributed by atoms with Gasteiger partial charge in [-0.25, -0.2) is 0 Å². The summed E-state index contributed by atoms with van der Waals surface area (Å²) in [6, 6.07) is 4.66. The summed E-state index contributed by atoms with van der Waals surface area (Å²) in [5, 5.41) is 4.53. The standard InChI is InChI=1S/C18H26S2/c1-5-13(3)11-15-7-9-19-17(15)18-16(8-10-20-18)12-14(4)6-2/h7-10,13-14H,5-6,11-12H2,1-4H3/t13-,14-/m0/s1. The largest absolute Gasteiger partial charge is 0.143 e. The second-order valence-corrected chi connectivity index (χ2v) is 7.82. The summed E-state index contributed by atoms with van der Waals surface area (Å²) in [5.74, 6) is 1.56. The molecule has 0 amide bonds. The monoisotopic (exact) mass is 306 g/mol. The minimum Gasteiger partial charge on any atom is -0.143 e. The maximum absolute atomic E-state index is 2.36. The van der Waals surface area contributed by atoms with Crippen LogP contribution in [0.2, 0.25) is 0 Å². The smallest absolute Gasteiger partial charge is 0.0477 e. The molecule has 0 aliphatic carbocycles. The molecule has 2 heterocycles. The molecule has 0 spiro atoms. The second kappa shape index (κ2) is 7.42. The summed E-state index contributed by atoms with van der Waals surface area (Å²) >= 11 is 3.84. The van der Waals surface area contributed by atoms with Crippen LogP contribution in [0.25, 0.3) is 9.75 Å². The minimum absolute atomic E-state index is 0.779. The normalized spacial score (nSPS) is 14.4. The van der Waals surface area contributed by atoms with Crippen LogP contribution in [0.15, 0.2) is 22.9 Å². The first-order valence-corrected chi connectivity index (χ1v) is 9.54. The molecule has 0 bridgehead atoms. The molecular weight excluding hydrogens is 280 g/mol. The van der Waals surface area contributed by atoms with Gasteiger partial charge in [0.2, 0.25) is 0 Å². The lowest BCUT2D eigenvalue weighted by Crippen LogP contribution is -1.99. The van der Waals surface area contributed by atoms with Gasteiger partial charge in [0.05, 0.1) is 0 Å². The van der Waals surface area contributed by atoms with Crippen molar-refractivity contribution >= 4 is 22.7 Å². The Labute approximate surface area is 131 Å². The molecule has 0 unspecified atom stereocenters. The van der Waals surface area contributed by atoms with Gasteiger partial charge in [-0.1, -0.05) is 40.5 Å². The van der Waals surface area contributed by atoms with Crippen LogP contribution < -0.4 is 0 Å². The van der Waals surface area contributed by atoms with E-state index < -0.39 is 0 Å². The van der Waals surface area contributed by atoms with Crippen molar-refractivity contribution in [3.63, 3.8) is 0 Å². The van der Waals surface area contributed by atoms with E-state index in [0.29, 0.717) is 0 Å². The van der Waals surface area contributed by atoms with Gasteiger partial charge >= 0.3 is 0 Å². The van der Waals surface area contributed by atoms with Crippen molar-refractivity contribution in [1.29, 1.82) is 0 Å². The predicted molar refractivity (Wildman–Crippen MR) is 94.0 cm³/mol. The van der Waals surface area contributed by atoms with Crippen molar-refractivity contribution in [3.05, 3.63) is 34.0 Å². The SMILES string of the molecule is CC[C@H](C)Cc1ccsc1-c1sccc1C[C@@H](C)CC. The van der Waals surface area contributed by atoms with Crippen LogP contribution in [0.1, 0.15) is 51.7 Å². The highest BCUT2D eigenvalue weighted by Crippen LogP contribution is 2.38. The fourth-order valence-corrected chi connectivity index (χ4v) is 4.54. The third-order valence-electron chi connectivity index (χ3n) is 4.23. The van der Waals surface area contributed by atoms with E-state index in [1.54, 1.807) is 11.1 Å². The summed E-state index contributed by atoms with van der Waals surface area (Å²) in [5.41, 5.74) is 3.11. The van der Waals surface area contributed by atoms with Crippen molar-refractivity contribution in [1.82, 2.24) is 0 Å². The van der Waals surface area contributed by atoms with Crippen molar-refractivity contribution in [2.45, 2.75) is 53.4 Å². The van der Waals surface area contributed by atoms with Crippen LogP contribution in [0.4, 0.5) is 0 Å². The summed E-state index contributed by atoms with van der Waals surface area (Å²) in [7, 11) is 0. The van der Waals surface area contributed by atoms with E-state index >= 15 is 0 Å². The van der Waals surface area contributed by atoms with Crippen LogP contribution in [0.3, 0.4) is 0 Å². The van der Waals surface area contributed by atoms with Crippen molar-refractivity contribution in [3.8, 4) is 9.75 Å². The predicted octanol–water partition coefficient (Wildman–Crippen LogP) is 6.65. The molecule has 0 aliphatic rings. The highest BCUT2D eigenvalue weighted by molar-refractivity contribution is 7.20. The molecule has 0 aliphatic heterocycles. The molecule has 2 heteroatoms. The Balaban J connectivity index is 2.24. The van der Waals surface area contributed by atoms with E-state index in [1.165, 1.54) is 35.4 Å². The van der Waals surface area contributed by atoms with Gasteiger partial charge in [0.25, 0.3) is 0 Å². The molecule has 2 aromatic heterocycles. The molecule has 0 saturated carbocycles. The average Bonchev–Trinajstić information content (AvgIpc) is 3.07. The second-order valence-electron chi connectivity index (χ2n) is 5.99. The van der Waals surface area contributed by atoms with Gasteiger partial charge in [-0.05, 0) is 58.7 Å². The third-order valence-corrected chi connectivity index (χ3v) is 6.31. The van der Waals surface area contributed by atoms with Crippen molar-refractivity contribution in [2.24, 2.45) is 11.8 Å². The van der Waals surface area contributed by atoms with E-state index in [2.05, 4.69) is 50.6 Å². The van der Waals surface area contributed by atoms with Gasteiger partial charge in [-0.2, -0.15) is 0 Å². The Morgan fingerprint density at radius 1 is 0.800 bits per heavy atom. The minimum atomic E-state index is 0.779. The Bertz CT molecular complexity index is 473. The van der Waals surface area contributed by atoms with E-state index in [9.17, 15) is 0 Å². The number of hydrogen-bond acceptors (Lipinski definition) is 2. The highest BCUT2D eigenvalue weighted by atomic mass is 32.1. The molecule has 0 N–H and O–H groups in total. The van der Waals surface area contributed by atoms with E-state index in [0.717, 1.165) is 11.8 Å². The van der Waals surface area contributed by atoms with E-state index in [1.807, 2.05) is 22.7 Å². The summed E-state index contributed by atoms with van der Waals surface area (Å²) in [6.45, 7) is 9.29. The zero-order valence-corrected chi connectivity index (χ0v) is 14.7. The molecule has 2 rings (SSSR count). The Kier molecular flexibility index (Phi) is 5.86. The molecule has 0 saturated heterocycles. The lowest BCUT2D eigenvalue weighted by Gasteiger charge is -2.11. The van der Waals surface area contributed by atoms with Gasteiger partial charge in [-0.15, -0.1) is 22.7 Å². The lowest BCUT2D eigenvalue weighted by atomic mass is 9.96. The molecular formula is C18H26S2. The topological polar surface area (TPSA) is 0 Å². The molecule has 0 aromatic carbocycles. The summed E-state index contributed by atoms with van der Waals surface area (Å²) in [4.78, 5) is 3.05. The molecule has 20 heavy (non-hydrogen) atoms. The van der Waals surface area contributed by atoms with Gasteiger partial charge in [0.1, 0.15) is 0 Å². The van der Waals surface area contributed by atoms with Crippen LogP contribution in [0.5, 0.6) is 0 Å². The third kappa shape index (κ3) is 3.73. The number of rotatable bonds is 7. The highest BCUT2D eigenvalue weighted by Gasteiger charge is 2.15. The molecule has 2 aromatic rings. The zero-order valence-electron chi connectivity index (χ0n) is 13.1. The fraction of sp³-hybridized carbons (Fsp3) is 0.556. The quantitative estimate of drug-likeness (QED) is 0.537. The average molecular weight is 307 g/mol. The first kappa shape index (κ1) is 15.8. The lowest BCUT2D eigenvalue weighted by molar-refractivity contribution is 0.559. The summed E-state index contributed by atoms with van der Waals surface area (Å²) in [6.07, 6.45) is 4.96. The molecule has 0 fully saturated rings. The Morgan fingerprint density at radius 3 is 1.55 bits per heavy atom. The van der Waals surface area contributed by atoms with Crippen LogP contribution in [-0.2, 0) is 12.8 Å². The summed E-state index contributed by atoms with van der Waals surface area (Å²) < 4.78 is 0. The van der Waals surface area contributed by atoms with Crippen LogP contribution >= 0.6 is 22.7 Å². The van der Waals surface area contributed by atoms with E-state index in [4.69, 9.17) is 0 Å². The van der Waals surface area contributed by atoms with Crippen molar-refractivity contribution in [2.75, 3.05) is 0 Å². The number of hydrogen-bond donors (Lipinski definition) is 0. The first-order valence-electron chi connectivity index (χ1n) is 7.78. The van der Waals surface area contributed by atoms with Gasteiger partial charge in [0, 0.05) is 9.75 Å². The maximum Gasteiger partial charge on any atom is 0.0477 e. The van der Waals surface area contributed by atoms with Gasteiger partial charge < -0.3 is 0 Å². The molecule has 0 nitrogen and oxygen atoms in total. The maximum atomic E-state index is 2.36. The van der Waals surface area contributed by atoms with Gasteiger partial charge in [0.15, 0.2) is 0 Å². The first-order chi connectivity index (χ1) is 9.65. The van der Waals surface area contributed by atoms with Crippen LogP contribution in [0, 0.1) is 11.8 Å². The molecule has 2 atom stereocenters. The van der Waals surface area contributed by atoms with Gasteiger partial charge in [-0.3, -0.25) is 0 Å². The van der Waals surface area contributed by atoms with Crippen LogP contribution in [-0.4, -0.2) is 0 Å². The van der Waals surface area contributed by atoms with Crippen molar-refractivity contribution < 1.29 is 0 Å². The zero-order chi connectivity index (χ0) is 14.5. The fourth-order valence-electron chi connectivity index (χ4n) is 2.43. The molecule has 110 valence electrons. The van der Waals surface area contributed by atoms with E-state index in [-0.39, 0.29) is 0 Å². The number of thiophene rings is 2. The molecule has 0 radical (unpaired) electrons. The Hall–Kier alpha value is -0.600. The Morgan fingerprint density at radius 2 is 1.20 bits per heavy atom.